The van der Waals surface area contributed by atoms with E-state index in [1.807, 2.05) is 0 Å². The van der Waals surface area contributed by atoms with E-state index in [-0.39, 0.29) is 11.6 Å². The Hall–Kier alpha value is -1.67. The van der Waals surface area contributed by atoms with Crippen LogP contribution in [0.5, 0.6) is 0 Å². The fraction of sp³-hybridized carbons (Fsp3) is 0.182. The zero-order valence-electron chi connectivity index (χ0n) is 9.91. The SMILES string of the molecule is CN(c1cccc(F)c1)c1nnc(SCC(=O)O)s1. The summed E-state index contributed by atoms with van der Waals surface area (Å²) in [5.41, 5.74) is 0.658. The molecule has 0 saturated carbocycles. The van der Waals surface area contributed by atoms with Crippen molar-refractivity contribution >= 4 is 39.9 Å². The number of carboxylic acids is 1. The molecule has 0 spiro atoms. The molecular formula is C11H10FN3O2S2. The minimum atomic E-state index is -0.903. The van der Waals surface area contributed by atoms with E-state index in [2.05, 4.69) is 10.2 Å². The molecule has 1 N–H and O–H groups in total. The highest BCUT2D eigenvalue weighted by Crippen LogP contribution is 2.31. The Labute approximate surface area is 117 Å². The van der Waals surface area contributed by atoms with Gasteiger partial charge in [0, 0.05) is 12.7 Å². The van der Waals surface area contributed by atoms with Crippen LogP contribution in [0, 0.1) is 5.82 Å². The second-order valence-corrected chi connectivity index (χ2v) is 5.75. The molecule has 5 nitrogen and oxygen atoms in total. The van der Waals surface area contributed by atoms with E-state index in [0.29, 0.717) is 15.2 Å². The van der Waals surface area contributed by atoms with Gasteiger partial charge in [0.05, 0.1) is 5.75 Å². The van der Waals surface area contributed by atoms with Gasteiger partial charge < -0.3 is 10.0 Å². The topological polar surface area (TPSA) is 66.3 Å². The smallest absolute Gasteiger partial charge is 0.313 e. The Kier molecular flexibility index (Phi) is 4.33. The van der Waals surface area contributed by atoms with Gasteiger partial charge in [-0.15, -0.1) is 10.2 Å². The predicted molar refractivity (Wildman–Crippen MR) is 72.7 cm³/mol. The number of aromatic nitrogens is 2. The zero-order chi connectivity index (χ0) is 13.8. The van der Waals surface area contributed by atoms with Crippen molar-refractivity contribution in [2.24, 2.45) is 0 Å². The number of anilines is 2. The van der Waals surface area contributed by atoms with E-state index < -0.39 is 5.97 Å². The largest absolute Gasteiger partial charge is 0.481 e. The summed E-state index contributed by atoms with van der Waals surface area (Å²) in [6, 6.07) is 6.13. The van der Waals surface area contributed by atoms with Gasteiger partial charge in [0.15, 0.2) is 4.34 Å². The summed E-state index contributed by atoms with van der Waals surface area (Å²) in [4.78, 5) is 12.2. The van der Waals surface area contributed by atoms with Crippen LogP contribution < -0.4 is 4.90 Å². The Morgan fingerprint density at radius 2 is 2.32 bits per heavy atom. The molecule has 0 saturated heterocycles. The Morgan fingerprint density at radius 3 is 3.00 bits per heavy atom. The third-order valence-electron chi connectivity index (χ3n) is 2.20. The molecule has 19 heavy (non-hydrogen) atoms. The molecule has 0 atom stereocenters. The van der Waals surface area contributed by atoms with E-state index >= 15 is 0 Å². The van der Waals surface area contributed by atoms with Crippen LogP contribution in [0.25, 0.3) is 0 Å². The highest BCUT2D eigenvalue weighted by Gasteiger charge is 2.12. The van der Waals surface area contributed by atoms with Gasteiger partial charge in [-0.05, 0) is 18.2 Å². The second kappa shape index (κ2) is 5.98. The van der Waals surface area contributed by atoms with E-state index in [1.54, 1.807) is 24.1 Å². The number of aliphatic carboxylic acids is 1. The van der Waals surface area contributed by atoms with Crippen LogP contribution in [0.3, 0.4) is 0 Å². The molecule has 1 aromatic carbocycles. The second-order valence-electron chi connectivity index (χ2n) is 3.57. The van der Waals surface area contributed by atoms with Crippen molar-refractivity contribution in [2.75, 3.05) is 17.7 Å². The number of carbonyl (C=O) groups is 1. The van der Waals surface area contributed by atoms with Crippen LogP contribution in [0.15, 0.2) is 28.6 Å². The zero-order valence-corrected chi connectivity index (χ0v) is 11.5. The Morgan fingerprint density at radius 1 is 1.53 bits per heavy atom. The molecule has 8 heteroatoms. The first kappa shape index (κ1) is 13.8. The van der Waals surface area contributed by atoms with E-state index in [4.69, 9.17) is 5.11 Å². The number of rotatable bonds is 5. The maximum absolute atomic E-state index is 13.1. The maximum atomic E-state index is 13.1. The highest BCUT2D eigenvalue weighted by atomic mass is 32.2. The van der Waals surface area contributed by atoms with Gasteiger partial charge in [0.1, 0.15) is 5.82 Å². The van der Waals surface area contributed by atoms with Crippen LogP contribution >= 0.6 is 23.1 Å². The van der Waals surface area contributed by atoms with Crippen molar-refractivity contribution in [2.45, 2.75) is 4.34 Å². The molecule has 0 aliphatic rings. The molecule has 2 aromatic rings. The van der Waals surface area contributed by atoms with Gasteiger partial charge in [-0.25, -0.2) is 4.39 Å². The third kappa shape index (κ3) is 3.65. The van der Waals surface area contributed by atoms with Crippen LogP contribution in [0.1, 0.15) is 0 Å². The molecule has 0 aliphatic heterocycles. The summed E-state index contributed by atoms with van der Waals surface area (Å²) < 4.78 is 13.7. The standard InChI is InChI=1S/C11H10FN3O2S2/c1-15(8-4-2-3-7(12)5-8)10-13-14-11(19-10)18-6-9(16)17/h2-5H,6H2,1H3,(H,16,17). The van der Waals surface area contributed by atoms with Gasteiger partial charge in [-0.3, -0.25) is 4.79 Å². The van der Waals surface area contributed by atoms with Crippen molar-refractivity contribution in [3.05, 3.63) is 30.1 Å². The van der Waals surface area contributed by atoms with Crippen molar-refractivity contribution in [3.8, 4) is 0 Å². The average Bonchev–Trinajstić information content (AvgIpc) is 2.84. The first-order chi connectivity index (χ1) is 9.06. The normalized spacial score (nSPS) is 10.4. The monoisotopic (exact) mass is 299 g/mol. The molecule has 1 aromatic heterocycles. The van der Waals surface area contributed by atoms with Crippen LogP contribution in [-0.2, 0) is 4.79 Å². The highest BCUT2D eigenvalue weighted by molar-refractivity contribution is 8.01. The number of halogens is 1. The van der Waals surface area contributed by atoms with Gasteiger partial charge in [0.2, 0.25) is 5.13 Å². The fourth-order valence-electron chi connectivity index (χ4n) is 1.32. The summed E-state index contributed by atoms with van der Waals surface area (Å²) in [5, 5.41) is 17.0. The number of hydrogen-bond acceptors (Lipinski definition) is 6. The quantitative estimate of drug-likeness (QED) is 0.856. The molecule has 0 radical (unpaired) electrons. The number of benzene rings is 1. The molecule has 0 bridgehead atoms. The Bertz CT molecular complexity index is 591. The average molecular weight is 299 g/mol. The van der Waals surface area contributed by atoms with E-state index in [9.17, 15) is 9.18 Å². The molecule has 0 fully saturated rings. The molecule has 0 unspecified atom stereocenters. The lowest BCUT2D eigenvalue weighted by atomic mass is 10.3. The first-order valence-corrected chi connectivity index (χ1v) is 7.04. The third-order valence-corrected chi connectivity index (χ3v) is 4.32. The summed E-state index contributed by atoms with van der Waals surface area (Å²) in [6.45, 7) is 0. The lowest BCUT2D eigenvalue weighted by molar-refractivity contribution is -0.133. The molecule has 2 rings (SSSR count). The van der Waals surface area contributed by atoms with Crippen LogP contribution in [0.2, 0.25) is 0 Å². The lowest BCUT2D eigenvalue weighted by Crippen LogP contribution is -2.09. The fourth-order valence-corrected chi connectivity index (χ4v) is 2.86. The number of nitrogens with zero attached hydrogens (tertiary/aromatic N) is 3. The number of carboxylic acid groups (broad SMARTS) is 1. The summed E-state index contributed by atoms with van der Waals surface area (Å²) >= 11 is 2.37. The van der Waals surface area contributed by atoms with Crippen LogP contribution in [0.4, 0.5) is 15.2 Å². The summed E-state index contributed by atoms with van der Waals surface area (Å²) in [5.74, 6) is -1.28. The van der Waals surface area contributed by atoms with Crippen LogP contribution in [-0.4, -0.2) is 34.1 Å². The Balaban J connectivity index is 2.11. The molecule has 100 valence electrons. The lowest BCUT2D eigenvalue weighted by Gasteiger charge is -2.14. The summed E-state index contributed by atoms with van der Waals surface area (Å²) in [7, 11) is 1.75. The van der Waals surface area contributed by atoms with E-state index in [0.717, 1.165) is 11.8 Å². The molecule has 0 aliphatic carbocycles. The number of thioether (sulfide) groups is 1. The first-order valence-electron chi connectivity index (χ1n) is 5.23. The van der Waals surface area contributed by atoms with Crippen molar-refractivity contribution in [3.63, 3.8) is 0 Å². The van der Waals surface area contributed by atoms with Crippen molar-refractivity contribution < 1.29 is 14.3 Å². The minimum absolute atomic E-state index is 0.0572. The summed E-state index contributed by atoms with van der Waals surface area (Å²) in [6.07, 6.45) is 0. The van der Waals surface area contributed by atoms with Gasteiger partial charge in [-0.1, -0.05) is 29.2 Å². The molecular weight excluding hydrogens is 289 g/mol. The maximum Gasteiger partial charge on any atom is 0.313 e. The minimum Gasteiger partial charge on any atom is -0.481 e. The number of hydrogen-bond donors (Lipinski definition) is 1. The molecule has 1 heterocycles. The van der Waals surface area contributed by atoms with Gasteiger partial charge >= 0.3 is 5.97 Å². The van der Waals surface area contributed by atoms with Crippen molar-refractivity contribution in [1.82, 2.24) is 10.2 Å². The van der Waals surface area contributed by atoms with Gasteiger partial charge in [0.25, 0.3) is 0 Å². The van der Waals surface area contributed by atoms with Crippen molar-refractivity contribution in [1.29, 1.82) is 0 Å². The predicted octanol–water partition coefficient (Wildman–Crippen LogP) is 2.62. The van der Waals surface area contributed by atoms with Gasteiger partial charge in [-0.2, -0.15) is 0 Å². The van der Waals surface area contributed by atoms with E-state index in [1.165, 1.54) is 23.5 Å². The molecule has 0 amide bonds.